The standard InChI is InChI=1S/C13H16N2O3/c1-10-4-3-7-14(9-10)13(16)11-5-2-6-12(8-11)15(17)18/h2,5-6,8,10H,3-4,7,9H2,1H3. The third kappa shape index (κ3) is 2.67. The summed E-state index contributed by atoms with van der Waals surface area (Å²) in [6.07, 6.45) is 2.14. The van der Waals surface area contributed by atoms with E-state index < -0.39 is 4.92 Å². The van der Waals surface area contributed by atoms with Gasteiger partial charge in [0.1, 0.15) is 0 Å². The molecule has 1 amide bonds. The van der Waals surface area contributed by atoms with Gasteiger partial charge in [0.25, 0.3) is 11.6 Å². The number of likely N-dealkylation sites (tertiary alicyclic amines) is 1. The summed E-state index contributed by atoms with van der Waals surface area (Å²) in [5.41, 5.74) is 0.365. The van der Waals surface area contributed by atoms with E-state index in [2.05, 4.69) is 6.92 Å². The van der Waals surface area contributed by atoms with Crippen molar-refractivity contribution < 1.29 is 9.72 Å². The van der Waals surface area contributed by atoms with Gasteiger partial charge in [-0.2, -0.15) is 0 Å². The van der Waals surface area contributed by atoms with E-state index in [0.29, 0.717) is 11.5 Å². The lowest BCUT2D eigenvalue weighted by molar-refractivity contribution is -0.384. The van der Waals surface area contributed by atoms with Crippen molar-refractivity contribution in [3.05, 3.63) is 39.9 Å². The van der Waals surface area contributed by atoms with Crippen LogP contribution in [0.4, 0.5) is 5.69 Å². The Balaban J connectivity index is 2.17. The smallest absolute Gasteiger partial charge is 0.270 e. The first-order valence-electron chi connectivity index (χ1n) is 6.11. The maximum absolute atomic E-state index is 12.2. The SMILES string of the molecule is CC1CCCN(C(=O)c2cccc([N+](=O)[O-])c2)C1. The first-order valence-corrected chi connectivity index (χ1v) is 6.11. The molecule has 0 saturated carbocycles. The van der Waals surface area contributed by atoms with Crippen LogP contribution in [0, 0.1) is 16.0 Å². The summed E-state index contributed by atoms with van der Waals surface area (Å²) in [4.78, 5) is 24.2. The van der Waals surface area contributed by atoms with E-state index in [4.69, 9.17) is 0 Å². The molecule has 0 spiro atoms. The molecule has 0 bridgehead atoms. The third-order valence-electron chi connectivity index (χ3n) is 3.25. The lowest BCUT2D eigenvalue weighted by Gasteiger charge is -2.30. The van der Waals surface area contributed by atoms with Crippen molar-refractivity contribution in [2.24, 2.45) is 5.92 Å². The normalized spacial score (nSPS) is 19.6. The Hall–Kier alpha value is -1.91. The Bertz CT molecular complexity index is 473. The van der Waals surface area contributed by atoms with Crippen LogP contribution in [0.5, 0.6) is 0 Å². The summed E-state index contributed by atoms with van der Waals surface area (Å²) in [6.45, 7) is 3.60. The minimum absolute atomic E-state index is 0.0362. The molecule has 1 fully saturated rings. The molecule has 5 nitrogen and oxygen atoms in total. The van der Waals surface area contributed by atoms with Crippen molar-refractivity contribution >= 4 is 11.6 Å². The number of nitro groups is 1. The maximum Gasteiger partial charge on any atom is 0.270 e. The number of amides is 1. The fraction of sp³-hybridized carbons (Fsp3) is 0.462. The van der Waals surface area contributed by atoms with E-state index >= 15 is 0 Å². The van der Waals surface area contributed by atoms with Crippen LogP contribution in [0.1, 0.15) is 30.1 Å². The van der Waals surface area contributed by atoms with Gasteiger partial charge in [-0.3, -0.25) is 14.9 Å². The zero-order valence-electron chi connectivity index (χ0n) is 10.3. The number of hydrogen-bond acceptors (Lipinski definition) is 3. The van der Waals surface area contributed by atoms with Crippen molar-refractivity contribution in [2.45, 2.75) is 19.8 Å². The minimum Gasteiger partial charge on any atom is -0.338 e. The van der Waals surface area contributed by atoms with Crippen molar-refractivity contribution in [1.29, 1.82) is 0 Å². The van der Waals surface area contributed by atoms with E-state index in [1.165, 1.54) is 12.1 Å². The van der Waals surface area contributed by atoms with Crippen LogP contribution in [-0.4, -0.2) is 28.8 Å². The number of nitrogens with zero attached hydrogens (tertiary/aromatic N) is 2. The van der Waals surface area contributed by atoms with Gasteiger partial charge in [0, 0.05) is 30.8 Å². The Morgan fingerprint density at radius 2 is 2.28 bits per heavy atom. The van der Waals surface area contributed by atoms with Gasteiger partial charge in [-0.15, -0.1) is 0 Å². The zero-order chi connectivity index (χ0) is 13.1. The number of non-ortho nitro benzene ring substituents is 1. The number of hydrogen-bond donors (Lipinski definition) is 0. The maximum atomic E-state index is 12.2. The molecule has 18 heavy (non-hydrogen) atoms. The molecule has 1 aromatic rings. The van der Waals surface area contributed by atoms with Crippen LogP contribution in [0.25, 0.3) is 0 Å². The number of carbonyl (C=O) groups excluding carboxylic acids is 1. The highest BCUT2D eigenvalue weighted by Gasteiger charge is 2.22. The summed E-state index contributed by atoms with van der Waals surface area (Å²) >= 11 is 0. The second-order valence-electron chi connectivity index (χ2n) is 4.81. The van der Waals surface area contributed by atoms with Gasteiger partial charge in [-0.05, 0) is 24.8 Å². The van der Waals surface area contributed by atoms with Crippen LogP contribution in [0.3, 0.4) is 0 Å². The Morgan fingerprint density at radius 1 is 1.50 bits per heavy atom. The topological polar surface area (TPSA) is 63.5 Å². The van der Waals surface area contributed by atoms with Crippen molar-refractivity contribution in [3.8, 4) is 0 Å². The van der Waals surface area contributed by atoms with Crippen LogP contribution >= 0.6 is 0 Å². The second kappa shape index (κ2) is 5.16. The molecule has 1 atom stereocenters. The molecular formula is C13H16N2O3. The highest BCUT2D eigenvalue weighted by Crippen LogP contribution is 2.20. The van der Waals surface area contributed by atoms with Crippen LogP contribution < -0.4 is 0 Å². The lowest BCUT2D eigenvalue weighted by Crippen LogP contribution is -2.39. The van der Waals surface area contributed by atoms with Gasteiger partial charge in [-0.1, -0.05) is 13.0 Å². The summed E-state index contributed by atoms with van der Waals surface area (Å²) < 4.78 is 0. The lowest BCUT2D eigenvalue weighted by atomic mass is 9.99. The zero-order valence-corrected chi connectivity index (χ0v) is 10.3. The van der Waals surface area contributed by atoms with E-state index in [1.807, 2.05) is 0 Å². The first-order chi connectivity index (χ1) is 8.58. The molecule has 1 aliphatic heterocycles. The van der Waals surface area contributed by atoms with Gasteiger partial charge in [-0.25, -0.2) is 0 Å². The number of benzene rings is 1. The average Bonchev–Trinajstić information content (AvgIpc) is 2.38. The molecule has 5 heteroatoms. The second-order valence-corrected chi connectivity index (χ2v) is 4.81. The molecule has 0 aromatic heterocycles. The molecule has 0 N–H and O–H groups in total. The Kier molecular flexibility index (Phi) is 3.60. The van der Waals surface area contributed by atoms with Gasteiger partial charge < -0.3 is 4.90 Å². The summed E-state index contributed by atoms with van der Waals surface area (Å²) in [5.74, 6) is 0.395. The van der Waals surface area contributed by atoms with Crippen LogP contribution in [-0.2, 0) is 0 Å². The molecule has 96 valence electrons. The van der Waals surface area contributed by atoms with Gasteiger partial charge in [0.05, 0.1) is 4.92 Å². The quantitative estimate of drug-likeness (QED) is 0.596. The van der Waals surface area contributed by atoms with Crippen molar-refractivity contribution in [3.63, 3.8) is 0 Å². The molecule has 1 aliphatic rings. The van der Waals surface area contributed by atoms with Crippen LogP contribution in [0.15, 0.2) is 24.3 Å². The Labute approximate surface area is 106 Å². The van der Waals surface area contributed by atoms with Gasteiger partial charge in [0.15, 0.2) is 0 Å². The number of piperidine rings is 1. The predicted molar refractivity (Wildman–Crippen MR) is 67.4 cm³/mol. The number of nitro benzene ring substituents is 1. The third-order valence-corrected chi connectivity index (χ3v) is 3.25. The van der Waals surface area contributed by atoms with E-state index in [9.17, 15) is 14.9 Å². The Morgan fingerprint density at radius 3 is 2.94 bits per heavy atom. The van der Waals surface area contributed by atoms with E-state index in [1.54, 1.807) is 17.0 Å². The average molecular weight is 248 g/mol. The molecule has 0 radical (unpaired) electrons. The van der Waals surface area contributed by atoms with Crippen molar-refractivity contribution in [2.75, 3.05) is 13.1 Å². The molecule has 1 unspecified atom stereocenters. The minimum atomic E-state index is -0.477. The first kappa shape index (κ1) is 12.5. The number of rotatable bonds is 2. The van der Waals surface area contributed by atoms with E-state index in [0.717, 1.165) is 25.9 Å². The summed E-state index contributed by atoms with van der Waals surface area (Å²) in [5, 5.41) is 10.7. The molecule has 1 aromatic carbocycles. The summed E-state index contributed by atoms with van der Waals surface area (Å²) in [7, 11) is 0. The highest BCUT2D eigenvalue weighted by atomic mass is 16.6. The molecular weight excluding hydrogens is 232 g/mol. The number of carbonyl (C=O) groups is 1. The predicted octanol–water partition coefficient (Wildman–Crippen LogP) is 2.47. The molecule has 0 aliphatic carbocycles. The molecule has 1 heterocycles. The molecule has 2 rings (SSSR count). The fourth-order valence-electron chi connectivity index (χ4n) is 2.31. The fourth-order valence-corrected chi connectivity index (χ4v) is 2.31. The molecule has 1 saturated heterocycles. The van der Waals surface area contributed by atoms with Gasteiger partial charge in [0.2, 0.25) is 0 Å². The highest BCUT2D eigenvalue weighted by molar-refractivity contribution is 5.94. The van der Waals surface area contributed by atoms with Crippen LogP contribution in [0.2, 0.25) is 0 Å². The van der Waals surface area contributed by atoms with E-state index in [-0.39, 0.29) is 11.6 Å². The monoisotopic (exact) mass is 248 g/mol. The summed E-state index contributed by atoms with van der Waals surface area (Å²) in [6, 6.07) is 5.94. The van der Waals surface area contributed by atoms with Crippen molar-refractivity contribution in [1.82, 2.24) is 4.90 Å². The van der Waals surface area contributed by atoms with Gasteiger partial charge >= 0.3 is 0 Å². The largest absolute Gasteiger partial charge is 0.338 e.